The molecule has 23 heavy (non-hydrogen) atoms. The van der Waals surface area contributed by atoms with Gasteiger partial charge in [0.15, 0.2) is 0 Å². The third-order valence-corrected chi connectivity index (χ3v) is 5.22. The number of anilines is 2. The highest BCUT2D eigenvalue weighted by Gasteiger charge is 2.34. The average Bonchev–Trinajstić information content (AvgIpc) is 3.20. The second-order valence-corrected chi connectivity index (χ2v) is 7.15. The summed E-state index contributed by atoms with van der Waals surface area (Å²) in [6.07, 6.45) is 1.16. The van der Waals surface area contributed by atoms with Gasteiger partial charge in [-0.2, -0.15) is 0 Å². The van der Waals surface area contributed by atoms with E-state index in [1.165, 1.54) is 0 Å². The van der Waals surface area contributed by atoms with Crippen LogP contribution in [0.15, 0.2) is 24.3 Å². The van der Waals surface area contributed by atoms with Crippen LogP contribution in [0, 0.1) is 5.92 Å². The highest BCUT2D eigenvalue weighted by Crippen LogP contribution is 2.22. The first-order valence-corrected chi connectivity index (χ1v) is 9.02. The van der Waals surface area contributed by atoms with E-state index in [1.54, 1.807) is 36.0 Å². The van der Waals surface area contributed by atoms with Gasteiger partial charge in [0.1, 0.15) is 0 Å². The van der Waals surface area contributed by atoms with Crippen molar-refractivity contribution in [2.75, 3.05) is 35.8 Å². The number of rotatable bonds is 4. The first kappa shape index (κ1) is 16.1. The monoisotopic (exact) mass is 334 g/mol. The van der Waals surface area contributed by atoms with Gasteiger partial charge in [-0.1, -0.05) is 0 Å². The minimum Gasteiger partial charge on any atom is -0.399 e. The number of amides is 2. The lowest BCUT2D eigenvalue weighted by molar-refractivity contribution is -0.131. The molecule has 124 valence electrons. The summed E-state index contributed by atoms with van der Waals surface area (Å²) in [5.41, 5.74) is 7.04. The topological polar surface area (TPSA) is 87.5 Å². The Hall–Kier alpha value is -1.73. The molecular weight excluding hydrogens is 312 g/mol. The van der Waals surface area contributed by atoms with Crippen molar-refractivity contribution in [3.05, 3.63) is 24.3 Å². The van der Waals surface area contributed by atoms with Crippen molar-refractivity contribution in [3.63, 3.8) is 0 Å². The maximum Gasteiger partial charge on any atom is 0.240 e. The van der Waals surface area contributed by atoms with Crippen LogP contribution in [0.3, 0.4) is 0 Å². The fourth-order valence-corrected chi connectivity index (χ4v) is 3.96. The largest absolute Gasteiger partial charge is 0.399 e. The molecule has 1 aromatic carbocycles. The number of hydrogen-bond acceptors (Lipinski definition) is 5. The maximum absolute atomic E-state index is 12.3. The first-order chi connectivity index (χ1) is 11.1. The van der Waals surface area contributed by atoms with Crippen LogP contribution in [0.2, 0.25) is 0 Å². The van der Waals surface area contributed by atoms with E-state index in [0.29, 0.717) is 18.7 Å². The standard InChI is InChI=1S/C16H22N4O2S/c17-12-1-3-13(4-2-12)19-15(21)8-11-7-14(18-9-11)16(22)20-5-6-23-10-20/h1-4,11,14,18H,5-10,17H2,(H,19,21)/t11?,14-/m0/s1. The van der Waals surface area contributed by atoms with Gasteiger partial charge in [0, 0.05) is 30.1 Å². The molecule has 2 heterocycles. The second-order valence-electron chi connectivity index (χ2n) is 6.08. The molecule has 2 fully saturated rings. The number of hydrogen-bond donors (Lipinski definition) is 3. The molecule has 4 N–H and O–H groups in total. The number of nitrogen functional groups attached to an aromatic ring is 1. The minimum absolute atomic E-state index is 0.0219. The Morgan fingerprint density at radius 3 is 2.83 bits per heavy atom. The number of nitrogens with zero attached hydrogens (tertiary/aromatic N) is 1. The zero-order chi connectivity index (χ0) is 16.2. The van der Waals surface area contributed by atoms with Crippen molar-refractivity contribution >= 4 is 35.0 Å². The molecule has 2 saturated heterocycles. The normalized spacial score (nSPS) is 23.9. The van der Waals surface area contributed by atoms with Crippen LogP contribution in [0.1, 0.15) is 12.8 Å². The lowest BCUT2D eigenvalue weighted by Gasteiger charge is -2.19. The van der Waals surface area contributed by atoms with Crippen molar-refractivity contribution < 1.29 is 9.59 Å². The van der Waals surface area contributed by atoms with Crippen LogP contribution in [-0.2, 0) is 9.59 Å². The first-order valence-electron chi connectivity index (χ1n) is 7.87. The predicted molar refractivity (Wildman–Crippen MR) is 93.0 cm³/mol. The van der Waals surface area contributed by atoms with Gasteiger partial charge in [0.25, 0.3) is 0 Å². The lowest BCUT2D eigenvalue weighted by Crippen LogP contribution is -2.42. The van der Waals surface area contributed by atoms with E-state index < -0.39 is 0 Å². The van der Waals surface area contributed by atoms with Crippen molar-refractivity contribution in [1.82, 2.24) is 10.2 Å². The van der Waals surface area contributed by atoms with Crippen LogP contribution in [0.25, 0.3) is 0 Å². The summed E-state index contributed by atoms with van der Waals surface area (Å²) in [5, 5.41) is 6.14. The van der Waals surface area contributed by atoms with E-state index in [0.717, 1.165) is 30.3 Å². The molecule has 0 radical (unpaired) electrons. The number of thioether (sulfide) groups is 1. The summed E-state index contributed by atoms with van der Waals surface area (Å²) in [5.74, 6) is 2.17. The van der Waals surface area contributed by atoms with Crippen LogP contribution < -0.4 is 16.4 Å². The molecule has 0 aliphatic carbocycles. The van der Waals surface area contributed by atoms with E-state index in [2.05, 4.69) is 10.6 Å². The van der Waals surface area contributed by atoms with Gasteiger partial charge in [-0.25, -0.2) is 0 Å². The molecule has 3 rings (SSSR count). The van der Waals surface area contributed by atoms with Crippen molar-refractivity contribution in [3.8, 4) is 0 Å². The Morgan fingerprint density at radius 2 is 2.13 bits per heavy atom. The number of carbonyl (C=O) groups is 2. The fourth-order valence-electron chi connectivity index (χ4n) is 3.00. The summed E-state index contributed by atoms with van der Waals surface area (Å²) in [6, 6.07) is 6.96. The van der Waals surface area contributed by atoms with Crippen LogP contribution in [0.5, 0.6) is 0 Å². The number of carbonyl (C=O) groups excluding carboxylic acids is 2. The van der Waals surface area contributed by atoms with Crippen molar-refractivity contribution in [2.24, 2.45) is 5.92 Å². The zero-order valence-corrected chi connectivity index (χ0v) is 13.8. The number of benzene rings is 1. The van der Waals surface area contributed by atoms with Crippen LogP contribution >= 0.6 is 11.8 Å². The summed E-state index contributed by atoms with van der Waals surface area (Å²) in [6.45, 7) is 1.55. The predicted octanol–water partition coefficient (Wildman–Crippen LogP) is 1.11. The zero-order valence-electron chi connectivity index (χ0n) is 13.0. The molecule has 0 spiro atoms. The van der Waals surface area contributed by atoms with Gasteiger partial charge in [-0.15, -0.1) is 11.8 Å². The van der Waals surface area contributed by atoms with E-state index in [-0.39, 0.29) is 23.8 Å². The van der Waals surface area contributed by atoms with Gasteiger partial charge in [-0.05, 0) is 43.1 Å². The Balaban J connectivity index is 1.46. The summed E-state index contributed by atoms with van der Waals surface area (Å²) < 4.78 is 0. The molecule has 2 aliphatic rings. The van der Waals surface area contributed by atoms with Crippen LogP contribution in [-0.4, -0.2) is 47.5 Å². The third-order valence-electron chi connectivity index (χ3n) is 4.25. The molecular formula is C16H22N4O2S. The van der Waals surface area contributed by atoms with E-state index in [9.17, 15) is 9.59 Å². The Morgan fingerprint density at radius 1 is 1.35 bits per heavy atom. The molecule has 0 bridgehead atoms. The van der Waals surface area contributed by atoms with Crippen LogP contribution in [0.4, 0.5) is 11.4 Å². The summed E-state index contributed by atoms with van der Waals surface area (Å²) >= 11 is 1.79. The number of nitrogens with two attached hydrogens (primary N) is 1. The third kappa shape index (κ3) is 4.17. The molecule has 0 saturated carbocycles. The molecule has 2 amide bonds. The Labute approximate surface area is 140 Å². The van der Waals surface area contributed by atoms with Crippen molar-refractivity contribution in [1.29, 1.82) is 0 Å². The average molecular weight is 334 g/mol. The van der Waals surface area contributed by atoms with Gasteiger partial charge < -0.3 is 21.3 Å². The second kappa shape index (κ2) is 7.23. The fraction of sp³-hybridized carbons (Fsp3) is 0.500. The SMILES string of the molecule is Nc1ccc(NC(=O)CC2CN[C@H](C(=O)N3CCSC3)C2)cc1. The van der Waals surface area contributed by atoms with E-state index in [4.69, 9.17) is 5.73 Å². The molecule has 1 unspecified atom stereocenters. The molecule has 2 aliphatic heterocycles. The smallest absolute Gasteiger partial charge is 0.240 e. The lowest BCUT2D eigenvalue weighted by atomic mass is 10.0. The molecule has 6 nitrogen and oxygen atoms in total. The highest BCUT2D eigenvalue weighted by molar-refractivity contribution is 7.99. The Kier molecular flexibility index (Phi) is 5.07. The van der Waals surface area contributed by atoms with Crippen molar-refractivity contribution in [2.45, 2.75) is 18.9 Å². The van der Waals surface area contributed by atoms with E-state index >= 15 is 0 Å². The van der Waals surface area contributed by atoms with E-state index in [1.807, 2.05) is 4.90 Å². The molecule has 7 heteroatoms. The van der Waals surface area contributed by atoms with Gasteiger partial charge >= 0.3 is 0 Å². The molecule has 1 aromatic rings. The highest BCUT2D eigenvalue weighted by atomic mass is 32.2. The van der Waals surface area contributed by atoms with Gasteiger partial charge in [0.2, 0.25) is 11.8 Å². The van der Waals surface area contributed by atoms with Gasteiger partial charge in [0.05, 0.1) is 11.9 Å². The minimum atomic E-state index is -0.136. The quantitative estimate of drug-likeness (QED) is 0.718. The summed E-state index contributed by atoms with van der Waals surface area (Å²) in [7, 11) is 0. The molecule has 0 aromatic heterocycles. The maximum atomic E-state index is 12.3. The summed E-state index contributed by atoms with van der Waals surface area (Å²) in [4.78, 5) is 26.4. The van der Waals surface area contributed by atoms with Gasteiger partial charge in [-0.3, -0.25) is 9.59 Å². The Bertz CT molecular complexity index is 572. The number of nitrogens with one attached hydrogen (secondary N) is 2. The molecule has 2 atom stereocenters.